The van der Waals surface area contributed by atoms with Gasteiger partial charge in [-0.15, -0.1) is 0 Å². The number of rotatable bonds is 5. The normalized spacial score (nSPS) is 25.6. The van der Waals surface area contributed by atoms with Crippen molar-refractivity contribution in [1.82, 2.24) is 5.32 Å². The molecule has 0 spiro atoms. The number of hydrogen-bond donors (Lipinski definition) is 1. The minimum Gasteiger partial charge on any atom is -0.313 e. The van der Waals surface area contributed by atoms with Crippen molar-refractivity contribution in [3.63, 3.8) is 0 Å². The third-order valence-corrected chi connectivity index (χ3v) is 5.77. The van der Waals surface area contributed by atoms with Gasteiger partial charge >= 0.3 is 0 Å². The third-order valence-electron chi connectivity index (χ3n) is 4.35. The van der Waals surface area contributed by atoms with Gasteiger partial charge in [0.1, 0.15) is 0 Å². The molecule has 0 amide bonds. The van der Waals surface area contributed by atoms with Crippen molar-refractivity contribution in [2.75, 3.05) is 6.54 Å². The van der Waals surface area contributed by atoms with E-state index >= 15 is 0 Å². The quantitative estimate of drug-likeness (QED) is 0.837. The molecule has 1 saturated carbocycles. The lowest BCUT2D eigenvalue weighted by atomic mass is 9.75. The van der Waals surface area contributed by atoms with E-state index < -0.39 is 0 Å². The number of aryl methyl sites for hydroxylation is 1. The Labute approximate surface area is 128 Å². The van der Waals surface area contributed by atoms with E-state index in [1.807, 2.05) is 0 Å². The molecule has 0 saturated heterocycles. The van der Waals surface area contributed by atoms with Crippen LogP contribution in [0, 0.1) is 12.3 Å². The van der Waals surface area contributed by atoms with Crippen LogP contribution in [-0.4, -0.2) is 17.8 Å². The Morgan fingerprint density at radius 3 is 2.85 bits per heavy atom. The Kier molecular flexibility index (Phi) is 5.57. The summed E-state index contributed by atoms with van der Waals surface area (Å²) in [6.07, 6.45) is 4.01. The highest BCUT2D eigenvalue weighted by molar-refractivity contribution is 7.99. The average molecular weight is 292 g/mol. The second-order valence-electron chi connectivity index (χ2n) is 6.91. The SMILES string of the molecule is CCNC1CCC(C)(C)CC1SCc1cccc(C)c1. The molecular formula is C18H29NS. The highest BCUT2D eigenvalue weighted by Crippen LogP contribution is 2.41. The summed E-state index contributed by atoms with van der Waals surface area (Å²) >= 11 is 2.15. The summed E-state index contributed by atoms with van der Waals surface area (Å²) in [5.74, 6) is 1.14. The molecule has 2 heteroatoms. The van der Waals surface area contributed by atoms with E-state index in [1.54, 1.807) is 0 Å². The van der Waals surface area contributed by atoms with Gasteiger partial charge in [0.05, 0.1) is 0 Å². The van der Waals surface area contributed by atoms with Crippen LogP contribution in [0.3, 0.4) is 0 Å². The molecule has 1 aromatic rings. The number of thioether (sulfide) groups is 1. The molecule has 2 rings (SSSR count). The maximum absolute atomic E-state index is 3.70. The smallest absolute Gasteiger partial charge is 0.0209 e. The number of nitrogens with one attached hydrogen (secondary N) is 1. The van der Waals surface area contributed by atoms with Crippen LogP contribution in [-0.2, 0) is 5.75 Å². The van der Waals surface area contributed by atoms with Gasteiger partial charge in [-0.25, -0.2) is 0 Å². The molecule has 1 nitrogen and oxygen atoms in total. The summed E-state index contributed by atoms with van der Waals surface area (Å²) < 4.78 is 0. The maximum atomic E-state index is 3.70. The lowest BCUT2D eigenvalue weighted by Crippen LogP contribution is -2.44. The molecule has 2 unspecified atom stereocenters. The van der Waals surface area contributed by atoms with Crippen molar-refractivity contribution in [3.8, 4) is 0 Å². The Morgan fingerprint density at radius 1 is 1.35 bits per heavy atom. The predicted molar refractivity (Wildman–Crippen MR) is 91.4 cm³/mol. The van der Waals surface area contributed by atoms with Gasteiger partial charge in [-0.05, 0) is 43.7 Å². The zero-order chi connectivity index (χ0) is 14.6. The summed E-state index contributed by atoms with van der Waals surface area (Å²) in [5, 5.41) is 4.45. The third kappa shape index (κ3) is 4.53. The van der Waals surface area contributed by atoms with Crippen LogP contribution < -0.4 is 5.32 Å². The minimum absolute atomic E-state index is 0.510. The molecule has 20 heavy (non-hydrogen) atoms. The van der Waals surface area contributed by atoms with E-state index in [4.69, 9.17) is 0 Å². The first kappa shape index (κ1) is 15.9. The van der Waals surface area contributed by atoms with E-state index in [2.05, 4.69) is 69.0 Å². The molecule has 0 bridgehead atoms. The van der Waals surface area contributed by atoms with Gasteiger partial charge in [0.25, 0.3) is 0 Å². The van der Waals surface area contributed by atoms with Gasteiger partial charge in [-0.2, -0.15) is 11.8 Å². The lowest BCUT2D eigenvalue weighted by molar-refractivity contribution is 0.215. The Morgan fingerprint density at radius 2 is 2.15 bits per heavy atom. The van der Waals surface area contributed by atoms with Crippen LogP contribution in [0.25, 0.3) is 0 Å². The zero-order valence-corrected chi connectivity index (χ0v) is 14.2. The fraction of sp³-hybridized carbons (Fsp3) is 0.667. The summed E-state index contributed by atoms with van der Waals surface area (Å²) in [4.78, 5) is 0. The largest absolute Gasteiger partial charge is 0.313 e. The molecule has 1 fully saturated rings. The van der Waals surface area contributed by atoms with Crippen molar-refractivity contribution >= 4 is 11.8 Å². The monoisotopic (exact) mass is 291 g/mol. The van der Waals surface area contributed by atoms with Crippen molar-refractivity contribution < 1.29 is 0 Å². The van der Waals surface area contributed by atoms with Gasteiger partial charge in [0.2, 0.25) is 0 Å². The lowest BCUT2D eigenvalue weighted by Gasteiger charge is -2.41. The fourth-order valence-corrected chi connectivity index (χ4v) is 4.82. The van der Waals surface area contributed by atoms with Crippen molar-refractivity contribution in [2.24, 2.45) is 5.41 Å². The van der Waals surface area contributed by atoms with Gasteiger partial charge in [-0.1, -0.05) is 50.6 Å². The van der Waals surface area contributed by atoms with Crippen LogP contribution in [0.4, 0.5) is 0 Å². The summed E-state index contributed by atoms with van der Waals surface area (Å²) in [7, 11) is 0. The molecule has 112 valence electrons. The van der Waals surface area contributed by atoms with Gasteiger partial charge in [0.15, 0.2) is 0 Å². The van der Waals surface area contributed by atoms with Crippen LogP contribution >= 0.6 is 11.8 Å². The molecule has 1 aliphatic carbocycles. The molecule has 2 atom stereocenters. The summed E-state index contributed by atoms with van der Waals surface area (Å²) in [5.41, 5.74) is 3.35. The summed E-state index contributed by atoms with van der Waals surface area (Å²) in [6, 6.07) is 9.64. The number of hydrogen-bond acceptors (Lipinski definition) is 2. The Hall–Kier alpha value is -0.470. The van der Waals surface area contributed by atoms with Crippen molar-refractivity contribution in [3.05, 3.63) is 35.4 Å². The fourth-order valence-electron chi connectivity index (χ4n) is 3.20. The maximum Gasteiger partial charge on any atom is 0.0209 e. The molecule has 0 aliphatic heterocycles. The van der Waals surface area contributed by atoms with Crippen molar-refractivity contribution in [1.29, 1.82) is 0 Å². The molecule has 0 radical (unpaired) electrons. The molecular weight excluding hydrogens is 262 g/mol. The van der Waals surface area contributed by atoms with Crippen LogP contribution in [0.15, 0.2) is 24.3 Å². The zero-order valence-electron chi connectivity index (χ0n) is 13.4. The standard InChI is InChI=1S/C18H29NS/c1-5-19-16-9-10-18(3,4)12-17(16)20-13-15-8-6-7-14(2)11-15/h6-8,11,16-17,19H,5,9-10,12-13H2,1-4H3. The van der Waals surface area contributed by atoms with Gasteiger partial charge < -0.3 is 5.32 Å². The predicted octanol–water partition coefficient (Wildman–Crippen LogP) is 4.79. The minimum atomic E-state index is 0.510. The first-order valence-electron chi connectivity index (χ1n) is 7.91. The highest BCUT2D eigenvalue weighted by Gasteiger charge is 2.34. The second-order valence-corrected chi connectivity index (χ2v) is 8.14. The van der Waals surface area contributed by atoms with Crippen LogP contribution in [0.1, 0.15) is 51.2 Å². The summed E-state index contributed by atoms with van der Waals surface area (Å²) in [6.45, 7) is 10.3. The Bertz CT molecular complexity index is 427. The van der Waals surface area contributed by atoms with Crippen LogP contribution in [0.2, 0.25) is 0 Å². The molecule has 1 aromatic carbocycles. The van der Waals surface area contributed by atoms with Crippen LogP contribution in [0.5, 0.6) is 0 Å². The van der Waals surface area contributed by atoms with Crippen molar-refractivity contribution in [2.45, 2.75) is 64.0 Å². The average Bonchev–Trinajstić information content (AvgIpc) is 2.39. The second kappa shape index (κ2) is 7.00. The van der Waals surface area contributed by atoms with E-state index in [0.29, 0.717) is 11.5 Å². The first-order valence-corrected chi connectivity index (χ1v) is 8.95. The molecule has 1 N–H and O–H groups in total. The van der Waals surface area contributed by atoms with E-state index in [1.165, 1.54) is 30.4 Å². The number of benzene rings is 1. The Balaban J connectivity index is 1.96. The first-order chi connectivity index (χ1) is 9.50. The molecule has 1 aliphatic rings. The topological polar surface area (TPSA) is 12.0 Å². The molecule has 0 aromatic heterocycles. The molecule has 0 heterocycles. The highest BCUT2D eigenvalue weighted by atomic mass is 32.2. The van der Waals surface area contributed by atoms with Gasteiger partial charge in [0, 0.05) is 17.0 Å². The van der Waals surface area contributed by atoms with E-state index in [-0.39, 0.29) is 0 Å². The van der Waals surface area contributed by atoms with E-state index in [9.17, 15) is 0 Å². The van der Waals surface area contributed by atoms with Gasteiger partial charge in [-0.3, -0.25) is 0 Å². The van der Waals surface area contributed by atoms with E-state index in [0.717, 1.165) is 17.5 Å².